The van der Waals surface area contributed by atoms with E-state index in [9.17, 15) is 14.9 Å². The van der Waals surface area contributed by atoms with Crippen molar-refractivity contribution in [2.75, 3.05) is 0 Å². The zero-order valence-corrected chi connectivity index (χ0v) is 26.2. The average molecular weight is 605 g/mol. The second-order valence-corrected chi connectivity index (χ2v) is 13.0. The van der Waals surface area contributed by atoms with Crippen LogP contribution < -0.4 is 14.9 Å². The van der Waals surface area contributed by atoms with Crippen LogP contribution in [0, 0.1) is 39.0 Å². The second kappa shape index (κ2) is 10.9. The molecule has 0 saturated carbocycles. The van der Waals surface area contributed by atoms with Crippen LogP contribution in [-0.2, 0) is 9.53 Å². The van der Waals surface area contributed by atoms with E-state index in [-0.39, 0.29) is 11.7 Å². The number of carbonyl (C=O) groups is 1. The highest BCUT2D eigenvalue weighted by Crippen LogP contribution is 2.34. The van der Waals surface area contributed by atoms with Crippen molar-refractivity contribution in [1.82, 2.24) is 9.13 Å². The SMILES string of the molecule is CC1=C(C(=O)OC(C)C)[C@H](c2ccc(Cl)cc2)n2c(s/c(=C/c3cc(C)n(-c4sc(C)c(C)c4C#N)c3C)c2=O)=N1. The number of allylic oxidation sites excluding steroid dienone is 1. The number of ether oxygens (including phenoxy) is 1. The van der Waals surface area contributed by atoms with Crippen LogP contribution in [0.15, 0.2) is 51.4 Å². The Morgan fingerprint density at radius 2 is 1.83 bits per heavy atom. The quantitative estimate of drug-likeness (QED) is 0.269. The van der Waals surface area contributed by atoms with Gasteiger partial charge in [0.25, 0.3) is 5.56 Å². The van der Waals surface area contributed by atoms with Crippen LogP contribution in [0.3, 0.4) is 0 Å². The summed E-state index contributed by atoms with van der Waals surface area (Å²) >= 11 is 9.03. The molecule has 0 saturated heterocycles. The van der Waals surface area contributed by atoms with E-state index in [4.69, 9.17) is 16.3 Å². The van der Waals surface area contributed by atoms with Crippen LogP contribution in [-0.4, -0.2) is 21.2 Å². The largest absolute Gasteiger partial charge is 0.459 e. The third-order valence-corrected chi connectivity index (χ3v) is 9.64. The number of hydrogen-bond donors (Lipinski definition) is 0. The molecule has 210 valence electrons. The summed E-state index contributed by atoms with van der Waals surface area (Å²) in [4.78, 5) is 33.6. The number of nitriles is 1. The fourth-order valence-electron chi connectivity index (χ4n) is 5.11. The van der Waals surface area contributed by atoms with E-state index < -0.39 is 12.0 Å². The molecule has 10 heteroatoms. The van der Waals surface area contributed by atoms with Gasteiger partial charge in [-0.1, -0.05) is 35.1 Å². The van der Waals surface area contributed by atoms with Crippen LogP contribution in [0.4, 0.5) is 0 Å². The third-order valence-electron chi connectivity index (χ3n) is 7.21. The van der Waals surface area contributed by atoms with Crippen LogP contribution in [0.1, 0.15) is 65.3 Å². The molecule has 0 amide bonds. The number of thiazole rings is 1. The van der Waals surface area contributed by atoms with E-state index in [0.717, 1.165) is 38.0 Å². The highest BCUT2D eigenvalue weighted by atomic mass is 35.5. The number of fused-ring (bicyclic) bond motifs is 1. The molecule has 41 heavy (non-hydrogen) atoms. The predicted molar refractivity (Wildman–Crippen MR) is 164 cm³/mol. The number of aromatic nitrogens is 2. The lowest BCUT2D eigenvalue weighted by Gasteiger charge is -2.25. The molecule has 5 rings (SSSR count). The monoisotopic (exact) mass is 604 g/mol. The van der Waals surface area contributed by atoms with Crippen molar-refractivity contribution in [2.45, 2.75) is 60.6 Å². The van der Waals surface area contributed by atoms with E-state index in [1.165, 1.54) is 11.3 Å². The molecule has 0 radical (unpaired) electrons. The van der Waals surface area contributed by atoms with Gasteiger partial charge in [0.05, 0.1) is 33.5 Å². The maximum Gasteiger partial charge on any atom is 0.338 e. The minimum Gasteiger partial charge on any atom is -0.459 e. The van der Waals surface area contributed by atoms with Crippen LogP contribution in [0.25, 0.3) is 11.1 Å². The Bertz CT molecular complexity index is 1960. The van der Waals surface area contributed by atoms with Crippen molar-refractivity contribution in [3.8, 4) is 11.1 Å². The lowest BCUT2D eigenvalue weighted by atomic mass is 9.96. The third kappa shape index (κ3) is 5.01. The van der Waals surface area contributed by atoms with Crippen molar-refractivity contribution < 1.29 is 9.53 Å². The normalized spacial score (nSPS) is 15.2. The molecule has 7 nitrogen and oxygen atoms in total. The molecule has 0 fully saturated rings. The zero-order valence-electron chi connectivity index (χ0n) is 23.8. The number of rotatable bonds is 5. The molecular formula is C31H29ClN4O3S2. The Labute approximate surface area is 250 Å². The van der Waals surface area contributed by atoms with Crippen molar-refractivity contribution in [1.29, 1.82) is 5.26 Å². The number of nitrogens with zero attached hydrogens (tertiary/aromatic N) is 4. The minimum absolute atomic E-state index is 0.249. The molecule has 3 aromatic heterocycles. The first kappa shape index (κ1) is 28.8. The Balaban J connectivity index is 1.70. The van der Waals surface area contributed by atoms with Gasteiger partial charge in [0.15, 0.2) is 4.80 Å². The summed E-state index contributed by atoms with van der Waals surface area (Å²) in [6.45, 7) is 13.3. The summed E-state index contributed by atoms with van der Waals surface area (Å²) in [6, 6.07) is 10.8. The summed E-state index contributed by atoms with van der Waals surface area (Å²) < 4.78 is 9.71. The number of thiophene rings is 1. The fourth-order valence-corrected chi connectivity index (χ4v) is 7.49. The Morgan fingerprint density at radius 3 is 2.46 bits per heavy atom. The number of hydrogen-bond acceptors (Lipinski definition) is 7. The van der Waals surface area contributed by atoms with Crippen molar-refractivity contribution >= 4 is 46.3 Å². The molecule has 1 aliphatic heterocycles. The van der Waals surface area contributed by atoms with Gasteiger partial charge in [-0.15, -0.1) is 11.3 Å². The molecule has 4 heterocycles. The summed E-state index contributed by atoms with van der Waals surface area (Å²) in [5.74, 6) is -0.506. The van der Waals surface area contributed by atoms with Crippen molar-refractivity contribution in [3.05, 3.63) is 105 Å². The zero-order chi connectivity index (χ0) is 29.7. The standard InChI is InChI=1S/C31H29ClN4O3S2/c1-15(2)39-30(38)26-18(5)34-31-36(27(26)21-8-10-23(32)11-9-21)28(37)25(41-31)13-22-12-16(3)35(19(22)6)29-24(14-33)17(4)20(7)40-29/h8-13,15,27H,1-7H3/b25-13+/t27-/m0/s1. The van der Waals surface area contributed by atoms with E-state index >= 15 is 0 Å². The van der Waals surface area contributed by atoms with Gasteiger partial charge in [-0.25, -0.2) is 9.79 Å². The second-order valence-electron chi connectivity index (χ2n) is 10.3. The number of esters is 1. The Morgan fingerprint density at radius 1 is 1.15 bits per heavy atom. The summed E-state index contributed by atoms with van der Waals surface area (Å²) in [6.07, 6.45) is 1.54. The number of aryl methyl sites for hydroxylation is 2. The predicted octanol–water partition coefficient (Wildman–Crippen LogP) is 5.80. The first-order chi connectivity index (χ1) is 19.4. The molecule has 0 N–H and O–H groups in total. The first-order valence-corrected chi connectivity index (χ1v) is 15.1. The fraction of sp³-hybridized carbons (Fsp3) is 0.290. The van der Waals surface area contributed by atoms with Gasteiger partial charge in [0.1, 0.15) is 11.1 Å². The van der Waals surface area contributed by atoms with Gasteiger partial charge in [0.2, 0.25) is 0 Å². The molecule has 1 aliphatic rings. The van der Waals surface area contributed by atoms with Gasteiger partial charge >= 0.3 is 5.97 Å². The molecule has 0 aliphatic carbocycles. The Kier molecular flexibility index (Phi) is 7.68. The summed E-state index contributed by atoms with van der Waals surface area (Å²) in [5, 5.41) is 11.3. The number of carbonyl (C=O) groups excluding carboxylic acids is 1. The maximum absolute atomic E-state index is 14.0. The summed E-state index contributed by atoms with van der Waals surface area (Å²) in [5.41, 5.74) is 5.74. The van der Waals surface area contributed by atoms with Gasteiger partial charge in [0, 0.05) is 21.3 Å². The van der Waals surface area contributed by atoms with Crippen molar-refractivity contribution in [3.63, 3.8) is 0 Å². The molecule has 0 bridgehead atoms. The molecular weight excluding hydrogens is 576 g/mol. The highest BCUT2D eigenvalue weighted by molar-refractivity contribution is 7.15. The highest BCUT2D eigenvalue weighted by Gasteiger charge is 2.34. The smallest absolute Gasteiger partial charge is 0.338 e. The lowest BCUT2D eigenvalue weighted by Crippen LogP contribution is -2.40. The Hall–Kier alpha value is -3.71. The minimum atomic E-state index is -0.709. The maximum atomic E-state index is 14.0. The van der Waals surface area contributed by atoms with E-state index in [1.807, 2.05) is 52.0 Å². The molecule has 4 aromatic rings. The van der Waals surface area contributed by atoms with Crippen LogP contribution in [0.5, 0.6) is 0 Å². The van der Waals surface area contributed by atoms with E-state index in [0.29, 0.717) is 31.2 Å². The molecule has 0 spiro atoms. The van der Waals surface area contributed by atoms with E-state index in [2.05, 4.69) is 15.6 Å². The van der Waals surface area contributed by atoms with Crippen LogP contribution >= 0.6 is 34.3 Å². The summed E-state index contributed by atoms with van der Waals surface area (Å²) in [7, 11) is 0. The molecule has 1 atom stereocenters. The van der Waals surface area contributed by atoms with Gasteiger partial charge in [-0.05, 0) is 89.4 Å². The van der Waals surface area contributed by atoms with Gasteiger partial charge < -0.3 is 9.30 Å². The average Bonchev–Trinajstić information content (AvgIpc) is 3.47. The van der Waals surface area contributed by atoms with Gasteiger partial charge in [-0.2, -0.15) is 5.26 Å². The van der Waals surface area contributed by atoms with Crippen LogP contribution in [0.2, 0.25) is 5.02 Å². The number of benzene rings is 1. The van der Waals surface area contributed by atoms with Gasteiger partial charge in [-0.3, -0.25) is 9.36 Å². The molecule has 1 aromatic carbocycles. The molecule has 0 unspecified atom stereocenters. The number of halogens is 1. The lowest BCUT2D eigenvalue weighted by molar-refractivity contribution is -0.143. The van der Waals surface area contributed by atoms with Crippen molar-refractivity contribution in [2.24, 2.45) is 4.99 Å². The van der Waals surface area contributed by atoms with E-state index in [1.54, 1.807) is 48.8 Å². The topological polar surface area (TPSA) is 89.4 Å². The first-order valence-electron chi connectivity index (χ1n) is 13.1.